The van der Waals surface area contributed by atoms with Crippen molar-refractivity contribution >= 4 is 0 Å². The van der Waals surface area contributed by atoms with Crippen LogP contribution >= 0.6 is 0 Å². The average Bonchev–Trinajstić information content (AvgIpc) is 2.15. The highest BCUT2D eigenvalue weighted by atomic mass is 19.1. The van der Waals surface area contributed by atoms with Crippen LogP contribution in [0.4, 0.5) is 8.78 Å². The molecule has 0 radical (unpaired) electrons. The van der Waals surface area contributed by atoms with Crippen LogP contribution in [-0.4, -0.2) is 11.1 Å². The Bertz CT molecular complexity index is 370. The molecule has 0 aliphatic rings. The van der Waals surface area contributed by atoms with Crippen molar-refractivity contribution in [2.24, 2.45) is 0 Å². The Balaban J connectivity index is 2.99. The molecular weight excluding hydrogens is 212 g/mol. The van der Waals surface area contributed by atoms with Gasteiger partial charge in [0.05, 0.1) is 0 Å². The van der Waals surface area contributed by atoms with Crippen LogP contribution in [0, 0.1) is 11.6 Å². The third kappa shape index (κ3) is 2.79. The molecule has 2 N–H and O–H groups in total. The molecule has 16 heavy (non-hydrogen) atoms. The first-order chi connectivity index (χ1) is 7.45. The molecule has 4 heteroatoms. The summed E-state index contributed by atoms with van der Waals surface area (Å²) in [6.45, 7) is 7.13. The molecule has 1 aromatic carbocycles. The second-order valence-corrected chi connectivity index (χ2v) is 3.73. The molecule has 0 heterocycles. The van der Waals surface area contributed by atoms with E-state index in [-0.39, 0.29) is 17.4 Å². The van der Waals surface area contributed by atoms with Crippen molar-refractivity contribution in [1.82, 2.24) is 5.32 Å². The number of rotatable bonds is 4. The van der Waals surface area contributed by atoms with Crippen LogP contribution in [0.15, 0.2) is 24.8 Å². The van der Waals surface area contributed by atoms with E-state index in [9.17, 15) is 13.9 Å². The van der Waals surface area contributed by atoms with Crippen LogP contribution in [0.5, 0.6) is 5.75 Å². The summed E-state index contributed by atoms with van der Waals surface area (Å²) in [6, 6.07) is 1.20. The second-order valence-electron chi connectivity index (χ2n) is 3.73. The van der Waals surface area contributed by atoms with E-state index >= 15 is 0 Å². The van der Waals surface area contributed by atoms with Gasteiger partial charge in [-0.15, -0.1) is 6.58 Å². The van der Waals surface area contributed by atoms with Gasteiger partial charge in [-0.25, -0.2) is 8.78 Å². The standard InChI is InChI=1S/C12H15F2NO/c1-4-7(2)15-8(3)12-10(14)5-9(13)6-11(12)16/h4-8,15-16H,1H2,2-3H3. The van der Waals surface area contributed by atoms with Gasteiger partial charge in [0, 0.05) is 29.8 Å². The minimum absolute atomic E-state index is 0.0288. The minimum atomic E-state index is -0.789. The lowest BCUT2D eigenvalue weighted by atomic mass is 10.1. The van der Waals surface area contributed by atoms with E-state index in [1.54, 1.807) is 13.0 Å². The maximum atomic E-state index is 13.5. The molecule has 0 fully saturated rings. The fourth-order valence-electron chi connectivity index (χ4n) is 1.55. The van der Waals surface area contributed by atoms with Gasteiger partial charge in [-0.1, -0.05) is 6.08 Å². The number of nitrogens with one attached hydrogen (secondary N) is 1. The summed E-state index contributed by atoms with van der Waals surface area (Å²) in [5.41, 5.74) is 0.0649. The van der Waals surface area contributed by atoms with Gasteiger partial charge >= 0.3 is 0 Å². The molecule has 0 saturated heterocycles. The van der Waals surface area contributed by atoms with Gasteiger partial charge in [0.2, 0.25) is 0 Å². The van der Waals surface area contributed by atoms with Crippen LogP contribution in [0.25, 0.3) is 0 Å². The molecule has 0 bridgehead atoms. The third-order valence-electron chi connectivity index (χ3n) is 2.37. The van der Waals surface area contributed by atoms with Gasteiger partial charge < -0.3 is 10.4 Å². The van der Waals surface area contributed by atoms with E-state index in [4.69, 9.17) is 0 Å². The Morgan fingerprint density at radius 2 is 2.00 bits per heavy atom. The van der Waals surface area contributed by atoms with Gasteiger partial charge in [0.15, 0.2) is 0 Å². The monoisotopic (exact) mass is 227 g/mol. The lowest BCUT2D eigenvalue weighted by molar-refractivity contribution is 0.425. The quantitative estimate of drug-likeness (QED) is 0.775. The summed E-state index contributed by atoms with van der Waals surface area (Å²) < 4.78 is 26.2. The van der Waals surface area contributed by atoms with E-state index in [1.807, 2.05) is 6.92 Å². The van der Waals surface area contributed by atoms with Gasteiger partial charge in [-0.2, -0.15) is 0 Å². The fourth-order valence-corrected chi connectivity index (χ4v) is 1.55. The topological polar surface area (TPSA) is 32.3 Å². The van der Waals surface area contributed by atoms with Crippen molar-refractivity contribution in [3.8, 4) is 5.75 Å². The molecule has 0 aliphatic carbocycles. The number of phenols is 1. The van der Waals surface area contributed by atoms with Crippen LogP contribution in [0.1, 0.15) is 25.5 Å². The maximum absolute atomic E-state index is 13.5. The number of aromatic hydroxyl groups is 1. The Kier molecular flexibility index (Phi) is 4.01. The molecule has 2 nitrogen and oxygen atoms in total. The van der Waals surface area contributed by atoms with E-state index in [0.29, 0.717) is 0 Å². The molecule has 0 saturated carbocycles. The first-order valence-corrected chi connectivity index (χ1v) is 5.02. The Morgan fingerprint density at radius 3 is 2.50 bits per heavy atom. The number of halogens is 2. The largest absolute Gasteiger partial charge is 0.507 e. The molecule has 2 atom stereocenters. The summed E-state index contributed by atoms with van der Waals surface area (Å²) in [4.78, 5) is 0. The van der Waals surface area contributed by atoms with Crippen molar-refractivity contribution in [1.29, 1.82) is 0 Å². The van der Waals surface area contributed by atoms with Gasteiger partial charge in [0.25, 0.3) is 0 Å². The molecule has 1 rings (SSSR count). The summed E-state index contributed by atoms with van der Waals surface area (Å²) in [6.07, 6.45) is 1.66. The molecule has 0 spiro atoms. The van der Waals surface area contributed by atoms with Crippen molar-refractivity contribution in [3.05, 3.63) is 42.0 Å². The SMILES string of the molecule is C=CC(C)NC(C)c1c(O)cc(F)cc1F. The van der Waals surface area contributed by atoms with E-state index < -0.39 is 17.7 Å². The van der Waals surface area contributed by atoms with Gasteiger partial charge in [-0.3, -0.25) is 0 Å². The lowest BCUT2D eigenvalue weighted by Crippen LogP contribution is -2.27. The van der Waals surface area contributed by atoms with Crippen molar-refractivity contribution in [3.63, 3.8) is 0 Å². The number of phenolic OH excluding ortho intramolecular Hbond substituents is 1. The molecule has 0 aromatic heterocycles. The highest BCUT2D eigenvalue weighted by Crippen LogP contribution is 2.28. The Morgan fingerprint density at radius 1 is 1.38 bits per heavy atom. The molecule has 0 amide bonds. The zero-order valence-electron chi connectivity index (χ0n) is 9.30. The lowest BCUT2D eigenvalue weighted by Gasteiger charge is -2.19. The smallest absolute Gasteiger partial charge is 0.134 e. The molecule has 0 aliphatic heterocycles. The fraction of sp³-hybridized carbons (Fsp3) is 0.333. The van der Waals surface area contributed by atoms with Crippen LogP contribution in [-0.2, 0) is 0 Å². The Hall–Kier alpha value is -1.42. The highest BCUT2D eigenvalue weighted by molar-refractivity contribution is 5.36. The molecule has 1 aromatic rings. The summed E-state index contributed by atoms with van der Waals surface area (Å²) >= 11 is 0. The first-order valence-electron chi connectivity index (χ1n) is 5.02. The van der Waals surface area contributed by atoms with Crippen LogP contribution in [0.3, 0.4) is 0 Å². The van der Waals surface area contributed by atoms with E-state index in [1.165, 1.54) is 0 Å². The number of hydrogen-bond donors (Lipinski definition) is 2. The minimum Gasteiger partial charge on any atom is -0.507 e. The number of hydrogen-bond acceptors (Lipinski definition) is 2. The average molecular weight is 227 g/mol. The predicted octanol–water partition coefficient (Wildman–Crippen LogP) is 2.90. The van der Waals surface area contributed by atoms with Gasteiger partial charge in [0.1, 0.15) is 17.4 Å². The Labute approximate surface area is 93.6 Å². The third-order valence-corrected chi connectivity index (χ3v) is 2.37. The predicted molar refractivity (Wildman–Crippen MR) is 59.2 cm³/mol. The zero-order chi connectivity index (χ0) is 12.3. The van der Waals surface area contributed by atoms with E-state index in [2.05, 4.69) is 11.9 Å². The summed E-state index contributed by atoms with van der Waals surface area (Å²) in [7, 11) is 0. The zero-order valence-corrected chi connectivity index (χ0v) is 9.30. The maximum Gasteiger partial charge on any atom is 0.134 e. The van der Waals surface area contributed by atoms with Crippen molar-refractivity contribution in [2.75, 3.05) is 0 Å². The summed E-state index contributed by atoms with van der Waals surface area (Å²) in [5.74, 6) is -1.93. The van der Waals surface area contributed by atoms with Crippen molar-refractivity contribution in [2.45, 2.75) is 25.9 Å². The first kappa shape index (κ1) is 12.6. The van der Waals surface area contributed by atoms with Crippen LogP contribution in [0.2, 0.25) is 0 Å². The molecular formula is C12H15F2NO. The second kappa shape index (κ2) is 5.07. The number of benzene rings is 1. The van der Waals surface area contributed by atoms with Gasteiger partial charge in [-0.05, 0) is 13.8 Å². The van der Waals surface area contributed by atoms with E-state index in [0.717, 1.165) is 12.1 Å². The highest BCUT2D eigenvalue weighted by Gasteiger charge is 2.17. The molecule has 88 valence electrons. The van der Waals surface area contributed by atoms with Crippen LogP contribution < -0.4 is 5.32 Å². The normalized spacial score (nSPS) is 14.5. The van der Waals surface area contributed by atoms with Crippen molar-refractivity contribution < 1.29 is 13.9 Å². The molecule has 2 unspecified atom stereocenters. The summed E-state index contributed by atoms with van der Waals surface area (Å²) in [5, 5.41) is 12.5.